The first-order chi connectivity index (χ1) is 7.95. The van der Waals surface area contributed by atoms with Crippen LogP contribution in [0.1, 0.15) is 13.8 Å². The van der Waals surface area contributed by atoms with Gasteiger partial charge in [-0.25, -0.2) is 0 Å². The molecule has 0 spiro atoms. The van der Waals surface area contributed by atoms with E-state index in [2.05, 4.69) is 37.2 Å². The van der Waals surface area contributed by atoms with Crippen molar-refractivity contribution in [2.45, 2.75) is 13.8 Å². The van der Waals surface area contributed by atoms with E-state index >= 15 is 0 Å². The number of hydrogen-bond donors (Lipinski definition) is 1. The highest BCUT2D eigenvalue weighted by atomic mass is 79.9. The van der Waals surface area contributed by atoms with Gasteiger partial charge in [0.15, 0.2) is 0 Å². The molecule has 1 atom stereocenters. The molecule has 1 aromatic carbocycles. The van der Waals surface area contributed by atoms with Crippen LogP contribution in [0.4, 0.5) is 5.69 Å². The summed E-state index contributed by atoms with van der Waals surface area (Å²) >= 11 is 6.69. The maximum absolute atomic E-state index is 11.9. The maximum Gasteiger partial charge on any atom is 0.242 e. The Bertz CT molecular complexity index is 466. The van der Waals surface area contributed by atoms with E-state index in [0.29, 0.717) is 5.69 Å². The first-order valence-corrected chi connectivity index (χ1v) is 6.70. The van der Waals surface area contributed by atoms with Crippen LogP contribution >= 0.6 is 31.9 Å². The average Bonchev–Trinajstić information content (AvgIpc) is 2.22. The first-order valence-electron chi connectivity index (χ1n) is 5.11. The van der Waals surface area contributed by atoms with Crippen molar-refractivity contribution in [3.05, 3.63) is 27.1 Å². The predicted octanol–water partition coefficient (Wildman–Crippen LogP) is 3.95. The molecule has 0 aliphatic heterocycles. The summed E-state index contributed by atoms with van der Waals surface area (Å²) in [5, 5.41) is 11.7. The molecule has 1 unspecified atom stereocenters. The zero-order valence-electron chi connectivity index (χ0n) is 9.50. The number of benzene rings is 1. The highest BCUT2D eigenvalue weighted by Crippen LogP contribution is 2.27. The molecule has 3 nitrogen and oxygen atoms in total. The number of nitrogens with zero attached hydrogens (tertiary/aromatic N) is 1. The number of carbonyl (C=O) groups is 1. The van der Waals surface area contributed by atoms with Crippen molar-refractivity contribution in [1.82, 2.24) is 0 Å². The summed E-state index contributed by atoms with van der Waals surface area (Å²) in [6.45, 7) is 3.70. The van der Waals surface area contributed by atoms with Gasteiger partial charge in [0.1, 0.15) is 5.92 Å². The van der Waals surface area contributed by atoms with Crippen molar-refractivity contribution in [3.8, 4) is 6.07 Å². The predicted molar refractivity (Wildman–Crippen MR) is 74.4 cm³/mol. The second kappa shape index (κ2) is 6.18. The van der Waals surface area contributed by atoms with Crippen molar-refractivity contribution in [2.75, 3.05) is 5.32 Å². The van der Waals surface area contributed by atoms with E-state index in [9.17, 15) is 4.79 Å². The van der Waals surface area contributed by atoms with Crippen molar-refractivity contribution in [3.63, 3.8) is 0 Å². The van der Waals surface area contributed by atoms with Crippen molar-refractivity contribution in [1.29, 1.82) is 5.26 Å². The van der Waals surface area contributed by atoms with Gasteiger partial charge in [0.2, 0.25) is 5.91 Å². The van der Waals surface area contributed by atoms with Gasteiger partial charge in [-0.05, 0) is 40.0 Å². The summed E-state index contributed by atoms with van der Waals surface area (Å²) in [6.07, 6.45) is 0. The van der Waals surface area contributed by atoms with Gasteiger partial charge in [0.25, 0.3) is 0 Å². The SMILES string of the molecule is CC(C)C(C#N)C(=O)Nc1ccc(Br)cc1Br. The minimum Gasteiger partial charge on any atom is -0.324 e. The van der Waals surface area contributed by atoms with E-state index in [1.165, 1.54) is 0 Å². The number of nitrogens with one attached hydrogen (secondary N) is 1. The molecule has 0 aliphatic rings. The standard InChI is InChI=1S/C12H12Br2N2O/c1-7(2)9(6-15)12(17)16-11-4-3-8(13)5-10(11)14/h3-5,7,9H,1-2H3,(H,16,17). The third kappa shape index (κ3) is 3.83. The van der Waals surface area contributed by atoms with E-state index < -0.39 is 5.92 Å². The summed E-state index contributed by atoms with van der Waals surface area (Å²) in [7, 11) is 0. The molecule has 0 aromatic heterocycles. The lowest BCUT2D eigenvalue weighted by Crippen LogP contribution is -2.25. The number of halogens is 2. The maximum atomic E-state index is 11.9. The number of amides is 1. The van der Waals surface area contributed by atoms with Gasteiger partial charge < -0.3 is 5.32 Å². The Labute approximate surface area is 117 Å². The van der Waals surface area contributed by atoms with Crippen LogP contribution in [0.15, 0.2) is 27.1 Å². The number of hydrogen-bond acceptors (Lipinski definition) is 2. The Morgan fingerprint density at radius 1 is 1.41 bits per heavy atom. The molecule has 0 bridgehead atoms. The minimum absolute atomic E-state index is 0.00535. The topological polar surface area (TPSA) is 52.9 Å². The van der Waals surface area contributed by atoms with E-state index in [-0.39, 0.29) is 11.8 Å². The normalized spacial score (nSPS) is 12.0. The Hall–Kier alpha value is -0.860. The van der Waals surface area contributed by atoms with Gasteiger partial charge in [-0.3, -0.25) is 4.79 Å². The fraction of sp³-hybridized carbons (Fsp3) is 0.333. The Morgan fingerprint density at radius 3 is 2.53 bits per heavy atom. The van der Waals surface area contributed by atoms with Crippen LogP contribution in [0.5, 0.6) is 0 Å². The van der Waals surface area contributed by atoms with Gasteiger partial charge in [-0.15, -0.1) is 0 Å². The van der Waals surface area contributed by atoms with E-state index in [4.69, 9.17) is 5.26 Å². The average molecular weight is 360 g/mol. The summed E-state index contributed by atoms with van der Waals surface area (Å²) < 4.78 is 1.70. The smallest absolute Gasteiger partial charge is 0.242 e. The molecule has 1 amide bonds. The quantitative estimate of drug-likeness (QED) is 0.888. The lowest BCUT2D eigenvalue weighted by Gasteiger charge is -2.14. The molecule has 0 aliphatic carbocycles. The lowest BCUT2D eigenvalue weighted by molar-refractivity contribution is -0.119. The highest BCUT2D eigenvalue weighted by Gasteiger charge is 2.22. The zero-order chi connectivity index (χ0) is 13.0. The van der Waals surface area contributed by atoms with Crippen LogP contribution < -0.4 is 5.32 Å². The molecule has 0 saturated heterocycles. The molecule has 0 saturated carbocycles. The van der Waals surface area contributed by atoms with Gasteiger partial charge in [0, 0.05) is 8.95 Å². The van der Waals surface area contributed by atoms with Crippen LogP contribution in [0.25, 0.3) is 0 Å². The lowest BCUT2D eigenvalue weighted by atomic mass is 9.96. The van der Waals surface area contributed by atoms with Gasteiger partial charge in [0.05, 0.1) is 11.8 Å². The molecular weight excluding hydrogens is 348 g/mol. The molecule has 1 rings (SSSR count). The van der Waals surface area contributed by atoms with Crippen LogP contribution in [0.3, 0.4) is 0 Å². The molecule has 0 fully saturated rings. The molecule has 0 heterocycles. The van der Waals surface area contributed by atoms with Crippen LogP contribution in [0.2, 0.25) is 0 Å². The zero-order valence-corrected chi connectivity index (χ0v) is 12.7. The summed E-state index contributed by atoms with van der Waals surface area (Å²) in [5.74, 6) is -0.912. The monoisotopic (exact) mass is 358 g/mol. The van der Waals surface area contributed by atoms with Gasteiger partial charge >= 0.3 is 0 Å². The fourth-order valence-electron chi connectivity index (χ4n) is 1.31. The van der Waals surface area contributed by atoms with Crippen molar-refractivity contribution >= 4 is 43.5 Å². The van der Waals surface area contributed by atoms with Crippen molar-refractivity contribution < 1.29 is 4.79 Å². The molecule has 1 N–H and O–H groups in total. The summed E-state index contributed by atoms with van der Waals surface area (Å²) in [6, 6.07) is 7.46. The first kappa shape index (κ1) is 14.2. The van der Waals surface area contributed by atoms with Crippen LogP contribution in [-0.4, -0.2) is 5.91 Å². The van der Waals surface area contributed by atoms with Crippen molar-refractivity contribution in [2.24, 2.45) is 11.8 Å². The number of rotatable bonds is 3. The highest BCUT2D eigenvalue weighted by molar-refractivity contribution is 9.11. The number of anilines is 1. The van der Waals surface area contributed by atoms with Gasteiger partial charge in [-0.1, -0.05) is 29.8 Å². The molecule has 0 radical (unpaired) electrons. The second-order valence-corrected chi connectivity index (χ2v) is 5.73. The summed E-state index contributed by atoms with van der Waals surface area (Å²) in [4.78, 5) is 11.9. The van der Waals surface area contributed by atoms with E-state index in [0.717, 1.165) is 8.95 Å². The molecule has 1 aromatic rings. The van der Waals surface area contributed by atoms with Gasteiger partial charge in [-0.2, -0.15) is 5.26 Å². The largest absolute Gasteiger partial charge is 0.324 e. The number of carbonyl (C=O) groups excluding carboxylic acids is 1. The molecule has 90 valence electrons. The molecular formula is C12H12Br2N2O. The summed E-state index contributed by atoms with van der Waals surface area (Å²) in [5.41, 5.74) is 0.666. The van der Waals surface area contributed by atoms with E-state index in [1.807, 2.05) is 32.0 Å². The van der Waals surface area contributed by atoms with E-state index in [1.54, 1.807) is 6.07 Å². The molecule has 5 heteroatoms. The Balaban J connectivity index is 2.85. The second-order valence-electron chi connectivity index (χ2n) is 3.96. The Morgan fingerprint density at radius 2 is 2.06 bits per heavy atom. The fourth-order valence-corrected chi connectivity index (χ4v) is 2.46. The number of nitriles is 1. The third-order valence-corrected chi connectivity index (χ3v) is 3.43. The molecule has 17 heavy (non-hydrogen) atoms. The van der Waals surface area contributed by atoms with Crippen LogP contribution in [-0.2, 0) is 4.79 Å². The Kier molecular flexibility index (Phi) is 5.16. The third-order valence-electron chi connectivity index (χ3n) is 2.28. The van der Waals surface area contributed by atoms with Crippen LogP contribution in [0, 0.1) is 23.2 Å². The minimum atomic E-state index is -0.634.